The van der Waals surface area contributed by atoms with Gasteiger partial charge in [-0.3, -0.25) is 0 Å². The molecule has 2 aromatic rings. The fourth-order valence-electron chi connectivity index (χ4n) is 3.35. The van der Waals surface area contributed by atoms with Crippen LogP contribution in [0.2, 0.25) is 0 Å². The van der Waals surface area contributed by atoms with E-state index in [0.29, 0.717) is 5.92 Å². The lowest BCUT2D eigenvalue weighted by Crippen LogP contribution is -2.37. The van der Waals surface area contributed by atoms with Crippen molar-refractivity contribution in [2.75, 3.05) is 24.5 Å². The van der Waals surface area contributed by atoms with Crippen molar-refractivity contribution in [1.82, 2.24) is 9.97 Å². The molecule has 0 saturated carbocycles. The number of anilines is 1. The summed E-state index contributed by atoms with van der Waals surface area (Å²) in [6.07, 6.45) is 3.28. The smallest absolute Gasteiger partial charge is 0.161 e. The summed E-state index contributed by atoms with van der Waals surface area (Å²) in [6, 6.07) is 10.2. The van der Waals surface area contributed by atoms with E-state index in [9.17, 15) is 0 Å². The maximum atomic E-state index is 5.82. The van der Waals surface area contributed by atoms with Gasteiger partial charge in [0.05, 0.1) is 0 Å². The molecule has 4 nitrogen and oxygen atoms in total. The Morgan fingerprint density at radius 2 is 1.83 bits per heavy atom. The Kier molecular flexibility index (Phi) is 4.91. The van der Waals surface area contributed by atoms with E-state index in [-0.39, 0.29) is 0 Å². The predicted molar refractivity (Wildman–Crippen MR) is 95.6 cm³/mol. The quantitative estimate of drug-likeness (QED) is 0.942. The molecular weight excluding hydrogens is 284 g/mol. The first-order valence-corrected chi connectivity index (χ1v) is 8.60. The third-order valence-electron chi connectivity index (χ3n) is 4.83. The second kappa shape index (κ2) is 7.09. The minimum atomic E-state index is 0.660. The molecule has 0 unspecified atom stereocenters. The molecule has 0 radical (unpaired) electrons. The third-order valence-corrected chi connectivity index (χ3v) is 4.83. The summed E-state index contributed by atoms with van der Waals surface area (Å²) in [5, 5.41) is 0. The van der Waals surface area contributed by atoms with Gasteiger partial charge in [-0.05, 0) is 38.6 Å². The molecule has 122 valence electrons. The van der Waals surface area contributed by atoms with Crippen molar-refractivity contribution in [3.63, 3.8) is 0 Å². The van der Waals surface area contributed by atoms with Gasteiger partial charge < -0.3 is 10.6 Å². The maximum absolute atomic E-state index is 5.82. The Bertz CT molecular complexity index is 646. The van der Waals surface area contributed by atoms with Crippen molar-refractivity contribution in [1.29, 1.82) is 0 Å². The van der Waals surface area contributed by atoms with Crippen LogP contribution in [0.1, 0.15) is 31.0 Å². The van der Waals surface area contributed by atoms with E-state index in [0.717, 1.165) is 61.8 Å². The van der Waals surface area contributed by atoms with Crippen molar-refractivity contribution in [3.05, 3.63) is 41.6 Å². The Labute approximate surface area is 138 Å². The molecule has 1 fully saturated rings. The summed E-state index contributed by atoms with van der Waals surface area (Å²) < 4.78 is 0. The molecule has 1 aromatic heterocycles. The highest BCUT2D eigenvalue weighted by Crippen LogP contribution is 2.28. The van der Waals surface area contributed by atoms with Crippen molar-refractivity contribution in [2.24, 2.45) is 11.7 Å². The Morgan fingerprint density at radius 3 is 2.43 bits per heavy atom. The first kappa shape index (κ1) is 15.9. The molecule has 2 N–H and O–H groups in total. The van der Waals surface area contributed by atoms with Gasteiger partial charge in [0.25, 0.3) is 0 Å². The van der Waals surface area contributed by atoms with Crippen molar-refractivity contribution >= 4 is 5.82 Å². The van der Waals surface area contributed by atoms with E-state index in [2.05, 4.69) is 30.9 Å². The fourth-order valence-corrected chi connectivity index (χ4v) is 3.35. The van der Waals surface area contributed by atoms with Gasteiger partial charge in [-0.2, -0.15) is 0 Å². The zero-order chi connectivity index (χ0) is 16.2. The lowest BCUT2D eigenvalue weighted by molar-refractivity contribution is 0.412. The van der Waals surface area contributed by atoms with E-state index < -0.39 is 0 Å². The molecular formula is C19H26N4. The first-order chi connectivity index (χ1) is 11.2. The zero-order valence-electron chi connectivity index (χ0n) is 14.1. The highest BCUT2D eigenvalue weighted by Gasteiger charge is 2.22. The number of hydrogen-bond donors (Lipinski definition) is 1. The van der Waals surface area contributed by atoms with Gasteiger partial charge >= 0.3 is 0 Å². The molecule has 3 rings (SSSR count). The van der Waals surface area contributed by atoms with Crippen LogP contribution < -0.4 is 10.6 Å². The minimum absolute atomic E-state index is 0.660. The van der Waals surface area contributed by atoms with E-state index in [1.165, 1.54) is 5.56 Å². The summed E-state index contributed by atoms with van der Waals surface area (Å²) in [7, 11) is 0. The molecule has 0 spiro atoms. The Morgan fingerprint density at radius 1 is 1.13 bits per heavy atom. The van der Waals surface area contributed by atoms with Gasteiger partial charge in [0.15, 0.2) is 5.82 Å². The van der Waals surface area contributed by atoms with Crippen LogP contribution in [0.5, 0.6) is 0 Å². The van der Waals surface area contributed by atoms with Crippen LogP contribution in [0, 0.1) is 12.8 Å². The number of hydrogen-bond acceptors (Lipinski definition) is 4. The summed E-state index contributed by atoms with van der Waals surface area (Å²) >= 11 is 0. The molecule has 0 bridgehead atoms. The van der Waals surface area contributed by atoms with Crippen molar-refractivity contribution < 1.29 is 0 Å². The van der Waals surface area contributed by atoms with E-state index >= 15 is 0 Å². The topological polar surface area (TPSA) is 55.0 Å². The average Bonchev–Trinajstić information content (AvgIpc) is 2.62. The highest BCUT2D eigenvalue weighted by molar-refractivity contribution is 5.60. The van der Waals surface area contributed by atoms with Crippen molar-refractivity contribution in [2.45, 2.75) is 33.1 Å². The average molecular weight is 310 g/mol. The second-order valence-corrected chi connectivity index (χ2v) is 6.32. The zero-order valence-corrected chi connectivity index (χ0v) is 14.1. The fraction of sp³-hybridized carbons (Fsp3) is 0.474. The van der Waals surface area contributed by atoms with E-state index in [1.807, 2.05) is 18.2 Å². The van der Waals surface area contributed by atoms with Gasteiger partial charge in [0.1, 0.15) is 5.82 Å². The number of rotatable bonds is 4. The molecule has 1 aliphatic heterocycles. The van der Waals surface area contributed by atoms with Gasteiger partial charge in [-0.15, -0.1) is 0 Å². The molecule has 1 aromatic carbocycles. The largest absolute Gasteiger partial charge is 0.356 e. The summed E-state index contributed by atoms with van der Waals surface area (Å²) in [4.78, 5) is 12.1. The number of piperidine rings is 1. The Hall–Kier alpha value is -1.94. The summed E-state index contributed by atoms with van der Waals surface area (Å²) in [5.41, 5.74) is 9.27. The lowest BCUT2D eigenvalue weighted by Gasteiger charge is -2.33. The number of nitrogens with zero attached hydrogens (tertiary/aromatic N) is 3. The van der Waals surface area contributed by atoms with Crippen LogP contribution in [0.4, 0.5) is 5.82 Å². The van der Waals surface area contributed by atoms with E-state index in [4.69, 9.17) is 15.7 Å². The predicted octanol–water partition coefficient (Wildman–Crippen LogP) is 3.19. The second-order valence-electron chi connectivity index (χ2n) is 6.32. The number of aromatic nitrogens is 2. The maximum Gasteiger partial charge on any atom is 0.161 e. The number of aryl methyl sites for hydroxylation is 1. The summed E-state index contributed by atoms with van der Waals surface area (Å²) in [6.45, 7) is 7.17. The Balaban J connectivity index is 1.96. The molecule has 1 aliphatic rings. The lowest BCUT2D eigenvalue weighted by atomic mass is 9.96. The molecule has 23 heavy (non-hydrogen) atoms. The molecule has 0 amide bonds. The van der Waals surface area contributed by atoms with Crippen LogP contribution in [0.15, 0.2) is 30.3 Å². The van der Waals surface area contributed by atoms with Gasteiger partial charge in [0, 0.05) is 29.9 Å². The monoisotopic (exact) mass is 310 g/mol. The van der Waals surface area contributed by atoms with Gasteiger partial charge in [0.2, 0.25) is 0 Å². The van der Waals surface area contributed by atoms with Crippen LogP contribution >= 0.6 is 0 Å². The normalized spacial score (nSPS) is 15.9. The highest BCUT2D eigenvalue weighted by atomic mass is 15.2. The minimum Gasteiger partial charge on any atom is -0.356 e. The van der Waals surface area contributed by atoms with Crippen LogP contribution in [-0.4, -0.2) is 29.6 Å². The third kappa shape index (κ3) is 3.37. The molecule has 0 aliphatic carbocycles. The van der Waals surface area contributed by atoms with Crippen LogP contribution in [-0.2, 0) is 6.42 Å². The summed E-state index contributed by atoms with van der Waals surface area (Å²) in [5.74, 6) is 2.61. The van der Waals surface area contributed by atoms with Crippen LogP contribution in [0.3, 0.4) is 0 Å². The SMILES string of the molecule is CCc1c(C)nc(-c2ccccc2)nc1N1CCC(CN)CC1. The molecule has 1 saturated heterocycles. The number of benzene rings is 1. The van der Waals surface area contributed by atoms with Crippen LogP contribution in [0.25, 0.3) is 11.4 Å². The standard InChI is InChI=1S/C19H26N4/c1-3-17-14(2)21-18(16-7-5-4-6-8-16)22-19(17)23-11-9-15(13-20)10-12-23/h4-8,15H,3,9-13,20H2,1-2H3. The van der Waals surface area contributed by atoms with E-state index in [1.54, 1.807) is 0 Å². The number of nitrogens with two attached hydrogens (primary N) is 1. The molecule has 0 atom stereocenters. The van der Waals surface area contributed by atoms with Gasteiger partial charge in [-0.1, -0.05) is 37.3 Å². The van der Waals surface area contributed by atoms with Gasteiger partial charge in [-0.25, -0.2) is 9.97 Å². The first-order valence-electron chi connectivity index (χ1n) is 8.60. The molecule has 4 heteroatoms. The van der Waals surface area contributed by atoms with Crippen molar-refractivity contribution in [3.8, 4) is 11.4 Å². The molecule has 2 heterocycles.